The zero-order chi connectivity index (χ0) is 13.7. The second-order valence-electron chi connectivity index (χ2n) is 5.00. The van der Waals surface area contributed by atoms with Gasteiger partial charge >= 0.3 is 0 Å². The van der Waals surface area contributed by atoms with Gasteiger partial charge in [-0.05, 0) is 38.8 Å². The van der Waals surface area contributed by atoms with E-state index in [9.17, 15) is 8.42 Å². The van der Waals surface area contributed by atoms with Crippen molar-refractivity contribution in [1.29, 1.82) is 0 Å². The van der Waals surface area contributed by atoms with Crippen molar-refractivity contribution in [2.24, 2.45) is 5.92 Å². The number of aromatic nitrogens is 1. The van der Waals surface area contributed by atoms with E-state index in [0.29, 0.717) is 13.0 Å². The summed E-state index contributed by atoms with van der Waals surface area (Å²) in [6, 6.07) is 0. The average Bonchev–Trinajstić information content (AvgIpc) is 2.75. The van der Waals surface area contributed by atoms with Gasteiger partial charge in [0.1, 0.15) is 0 Å². The molecule has 1 unspecified atom stereocenters. The third-order valence-electron chi connectivity index (χ3n) is 3.22. The van der Waals surface area contributed by atoms with Gasteiger partial charge in [-0.15, -0.1) is 11.3 Å². The van der Waals surface area contributed by atoms with E-state index in [-0.39, 0.29) is 11.7 Å². The van der Waals surface area contributed by atoms with Gasteiger partial charge in [-0.2, -0.15) is 0 Å². The zero-order valence-electron chi connectivity index (χ0n) is 11.2. The van der Waals surface area contributed by atoms with Crippen LogP contribution in [0.1, 0.15) is 23.5 Å². The van der Waals surface area contributed by atoms with Crippen LogP contribution < -0.4 is 10.0 Å². The van der Waals surface area contributed by atoms with E-state index in [0.717, 1.165) is 36.6 Å². The molecule has 1 aliphatic heterocycles. The largest absolute Gasteiger partial charge is 0.316 e. The molecule has 0 aromatic carbocycles. The van der Waals surface area contributed by atoms with E-state index in [4.69, 9.17) is 0 Å². The third kappa shape index (κ3) is 5.18. The number of nitrogens with one attached hydrogen (secondary N) is 2. The van der Waals surface area contributed by atoms with Crippen LogP contribution >= 0.6 is 11.3 Å². The molecule has 0 saturated carbocycles. The van der Waals surface area contributed by atoms with E-state index in [1.165, 1.54) is 0 Å². The van der Waals surface area contributed by atoms with Gasteiger partial charge < -0.3 is 5.32 Å². The first-order valence-electron chi connectivity index (χ1n) is 6.64. The van der Waals surface area contributed by atoms with Crippen LogP contribution in [0, 0.1) is 12.8 Å². The van der Waals surface area contributed by atoms with Crippen LogP contribution in [0.5, 0.6) is 0 Å². The second-order valence-corrected chi connectivity index (χ2v) is 7.91. The molecule has 0 aliphatic carbocycles. The Hall–Kier alpha value is -0.500. The lowest BCUT2D eigenvalue weighted by molar-refractivity contribution is 0.403. The van der Waals surface area contributed by atoms with Gasteiger partial charge in [-0.3, -0.25) is 0 Å². The highest BCUT2D eigenvalue weighted by Crippen LogP contribution is 2.12. The van der Waals surface area contributed by atoms with Crippen LogP contribution in [-0.2, 0) is 16.4 Å². The number of rotatable bonds is 6. The molecular formula is C12H21N3O2S2. The van der Waals surface area contributed by atoms with Crippen LogP contribution in [0.3, 0.4) is 0 Å². The first-order valence-corrected chi connectivity index (χ1v) is 9.17. The molecule has 0 radical (unpaired) electrons. The lowest BCUT2D eigenvalue weighted by atomic mass is 10.0. The Balaban J connectivity index is 1.74. The number of piperidine rings is 1. The van der Waals surface area contributed by atoms with Crippen molar-refractivity contribution in [3.05, 3.63) is 16.1 Å². The minimum Gasteiger partial charge on any atom is -0.316 e. The normalized spacial score (nSPS) is 20.6. The monoisotopic (exact) mass is 303 g/mol. The number of sulfonamides is 1. The predicted molar refractivity (Wildman–Crippen MR) is 77.9 cm³/mol. The smallest absolute Gasteiger partial charge is 0.211 e. The van der Waals surface area contributed by atoms with E-state index >= 15 is 0 Å². The van der Waals surface area contributed by atoms with Crippen LogP contribution in [0.2, 0.25) is 0 Å². The van der Waals surface area contributed by atoms with Crippen molar-refractivity contribution < 1.29 is 8.42 Å². The topological polar surface area (TPSA) is 71.1 Å². The summed E-state index contributed by atoms with van der Waals surface area (Å²) in [6.07, 6.45) is 2.73. The van der Waals surface area contributed by atoms with E-state index < -0.39 is 10.0 Å². The molecule has 19 heavy (non-hydrogen) atoms. The van der Waals surface area contributed by atoms with E-state index in [1.54, 1.807) is 11.3 Å². The maximum absolute atomic E-state index is 11.9. The molecular weight excluding hydrogens is 282 g/mol. The number of hydrogen-bond acceptors (Lipinski definition) is 5. The third-order valence-corrected chi connectivity index (χ3v) is 5.60. The quantitative estimate of drug-likeness (QED) is 0.819. The summed E-state index contributed by atoms with van der Waals surface area (Å²) in [7, 11) is -3.16. The summed E-state index contributed by atoms with van der Waals surface area (Å²) >= 11 is 1.59. The van der Waals surface area contributed by atoms with Gasteiger partial charge in [0.2, 0.25) is 10.0 Å². The first kappa shape index (κ1) is 14.9. The molecule has 1 aromatic heterocycles. The summed E-state index contributed by atoms with van der Waals surface area (Å²) in [4.78, 5) is 4.32. The summed E-state index contributed by atoms with van der Waals surface area (Å²) in [5, 5.41) is 6.24. The predicted octanol–water partition coefficient (Wildman–Crippen LogP) is 0.913. The van der Waals surface area contributed by atoms with Crippen molar-refractivity contribution in [2.45, 2.75) is 26.2 Å². The fraction of sp³-hybridized carbons (Fsp3) is 0.750. The second kappa shape index (κ2) is 6.78. The lowest BCUT2D eigenvalue weighted by Gasteiger charge is -2.22. The molecule has 0 amide bonds. The van der Waals surface area contributed by atoms with Crippen LogP contribution in [0.15, 0.2) is 5.38 Å². The molecule has 1 aliphatic rings. The summed E-state index contributed by atoms with van der Waals surface area (Å²) in [5.41, 5.74) is 0.963. The molecule has 108 valence electrons. The maximum Gasteiger partial charge on any atom is 0.211 e. The summed E-state index contributed by atoms with van der Waals surface area (Å²) in [6.45, 7) is 4.21. The number of hydrogen-bond donors (Lipinski definition) is 2. The SMILES string of the molecule is Cc1nc(CCNS(=O)(=O)CC2CCCNC2)cs1. The highest BCUT2D eigenvalue weighted by atomic mass is 32.2. The van der Waals surface area contributed by atoms with Crippen molar-refractivity contribution in [3.63, 3.8) is 0 Å². The molecule has 0 spiro atoms. The summed E-state index contributed by atoms with van der Waals surface area (Å²) < 4.78 is 26.5. The Morgan fingerprint density at radius 3 is 3.05 bits per heavy atom. The van der Waals surface area contributed by atoms with Crippen molar-refractivity contribution in [2.75, 3.05) is 25.4 Å². The average molecular weight is 303 g/mol. The molecule has 2 rings (SSSR count). The van der Waals surface area contributed by atoms with E-state index in [1.807, 2.05) is 12.3 Å². The fourth-order valence-corrected chi connectivity index (χ4v) is 4.38. The highest BCUT2D eigenvalue weighted by molar-refractivity contribution is 7.89. The Morgan fingerprint density at radius 2 is 2.42 bits per heavy atom. The molecule has 2 N–H and O–H groups in total. The Bertz CT molecular complexity index is 493. The molecule has 0 bridgehead atoms. The summed E-state index contributed by atoms with van der Waals surface area (Å²) in [5.74, 6) is 0.476. The Kier molecular flexibility index (Phi) is 5.32. The van der Waals surface area contributed by atoms with Gasteiger partial charge in [0.25, 0.3) is 0 Å². The lowest BCUT2D eigenvalue weighted by Crippen LogP contribution is -2.38. The van der Waals surface area contributed by atoms with Crippen molar-refractivity contribution >= 4 is 21.4 Å². The fourth-order valence-electron chi connectivity index (χ4n) is 2.29. The van der Waals surface area contributed by atoms with Crippen molar-refractivity contribution in [1.82, 2.24) is 15.0 Å². The van der Waals surface area contributed by atoms with Gasteiger partial charge in [0, 0.05) is 18.3 Å². The zero-order valence-corrected chi connectivity index (χ0v) is 12.8. The van der Waals surface area contributed by atoms with Crippen LogP contribution in [0.25, 0.3) is 0 Å². The highest BCUT2D eigenvalue weighted by Gasteiger charge is 2.20. The van der Waals surface area contributed by atoms with Gasteiger partial charge in [-0.1, -0.05) is 0 Å². The molecule has 2 heterocycles. The van der Waals surface area contributed by atoms with Crippen molar-refractivity contribution in [3.8, 4) is 0 Å². The molecule has 1 saturated heterocycles. The van der Waals surface area contributed by atoms with Crippen LogP contribution in [-0.4, -0.2) is 38.8 Å². The molecule has 1 aromatic rings. The minimum atomic E-state index is -3.16. The molecule has 1 atom stereocenters. The van der Waals surface area contributed by atoms with Crippen LogP contribution in [0.4, 0.5) is 0 Å². The van der Waals surface area contributed by atoms with Gasteiger partial charge in [0.15, 0.2) is 0 Å². The number of aryl methyl sites for hydroxylation is 1. The minimum absolute atomic E-state index is 0.232. The van der Waals surface area contributed by atoms with Gasteiger partial charge in [-0.25, -0.2) is 18.1 Å². The maximum atomic E-state index is 11.9. The molecule has 5 nitrogen and oxygen atoms in total. The number of nitrogens with zero attached hydrogens (tertiary/aromatic N) is 1. The Morgan fingerprint density at radius 1 is 1.58 bits per heavy atom. The molecule has 7 heteroatoms. The Labute approximate surface area is 118 Å². The van der Waals surface area contributed by atoms with E-state index in [2.05, 4.69) is 15.0 Å². The molecule has 1 fully saturated rings. The van der Waals surface area contributed by atoms with Gasteiger partial charge in [0.05, 0.1) is 16.5 Å². The first-order chi connectivity index (χ1) is 9.05. The number of thiazole rings is 1. The standard InChI is InChI=1S/C12H21N3O2S2/c1-10-15-12(8-18-10)4-6-14-19(16,17)9-11-3-2-5-13-7-11/h8,11,13-14H,2-7,9H2,1H3.